The summed E-state index contributed by atoms with van der Waals surface area (Å²) in [5.41, 5.74) is 0.597. The second-order valence-electron chi connectivity index (χ2n) is 5.99. The van der Waals surface area contributed by atoms with Crippen LogP contribution in [0.1, 0.15) is 43.7 Å². The second-order valence-corrected chi connectivity index (χ2v) is 5.99. The van der Waals surface area contributed by atoms with Gasteiger partial charge in [0.05, 0.1) is 10.5 Å². The molecule has 0 bridgehead atoms. The van der Waals surface area contributed by atoms with Gasteiger partial charge in [0.1, 0.15) is 0 Å². The summed E-state index contributed by atoms with van der Waals surface area (Å²) < 4.78 is 0. The molecule has 0 radical (unpaired) electrons. The van der Waals surface area contributed by atoms with Crippen LogP contribution in [0.3, 0.4) is 0 Å². The largest absolute Gasteiger partial charge is 0.389 e. The molecule has 2 fully saturated rings. The summed E-state index contributed by atoms with van der Waals surface area (Å²) in [5, 5.41) is 25.0. The summed E-state index contributed by atoms with van der Waals surface area (Å²) >= 11 is 0. The highest BCUT2D eigenvalue weighted by molar-refractivity contribution is 5.35. The first kappa shape index (κ1) is 13.5. The van der Waals surface area contributed by atoms with Gasteiger partial charge in [-0.1, -0.05) is 25.0 Å². The molecular weight excluding hydrogens is 256 g/mol. The summed E-state index contributed by atoms with van der Waals surface area (Å²) in [6.07, 6.45) is 4.95. The fourth-order valence-electron chi connectivity index (χ4n) is 3.78. The molecule has 1 aliphatic heterocycles. The van der Waals surface area contributed by atoms with Gasteiger partial charge in [0, 0.05) is 24.1 Å². The van der Waals surface area contributed by atoms with E-state index in [1.807, 2.05) is 12.1 Å². The van der Waals surface area contributed by atoms with Gasteiger partial charge in [-0.2, -0.15) is 0 Å². The number of hydrogen-bond acceptors (Lipinski definition) is 4. The summed E-state index contributed by atoms with van der Waals surface area (Å²) in [5.74, 6) is 0.214. The van der Waals surface area contributed by atoms with E-state index in [2.05, 4.69) is 5.32 Å². The zero-order chi connectivity index (χ0) is 14.2. The fraction of sp³-hybridized carbons (Fsp3) is 0.600. The fourth-order valence-corrected chi connectivity index (χ4v) is 3.78. The molecule has 1 aromatic rings. The van der Waals surface area contributed by atoms with Crippen LogP contribution in [0.5, 0.6) is 0 Å². The van der Waals surface area contributed by atoms with Crippen molar-refractivity contribution in [1.29, 1.82) is 0 Å². The number of aliphatic hydroxyl groups is 1. The number of hydrogen-bond donors (Lipinski definition) is 2. The molecule has 0 amide bonds. The first-order chi connectivity index (χ1) is 9.60. The van der Waals surface area contributed by atoms with Gasteiger partial charge in [0.2, 0.25) is 0 Å². The summed E-state index contributed by atoms with van der Waals surface area (Å²) in [7, 11) is 0. The molecule has 0 aromatic heterocycles. The molecule has 1 aliphatic carbocycles. The van der Waals surface area contributed by atoms with Gasteiger partial charge in [-0.05, 0) is 31.4 Å². The van der Waals surface area contributed by atoms with Gasteiger partial charge in [0.15, 0.2) is 0 Å². The number of benzene rings is 1. The molecule has 5 nitrogen and oxygen atoms in total. The van der Waals surface area contributed by atoms with E-state index in [9.17, 15) is 15.2 Å². The Morgan fingerprint density at radius 1 is 1.25 bits per heavy atom. The van der Waals surface area contributed by atoms with E-state index >= 15 is 0 Å². The van der Waals surface area contributed by atoms with E-state index in [1.165, 1.54) is 0 Å². The van der Waals surface area contributed by atoms with Crippen molar-refractivity contribution in [3.8, 4) is 0 Å². The van der Waals surface area contributed by atoms with Crippen molar-refractivity contribution in [1.82, 2.24) is 5.32 Å². The highest BCUT2D eigenvalue weighted by Crippen LogP contribution is 2.45. The van der Waals surface area contributed by atoms with E-state index in [0.717, 1.165) is 44.2 Å². The van der Waals surface area contributed by atoms with Crippen LogP contribution >= 0.6 is 0 Å². The Balaban J connectivity index is 1.86. The first-order valence-electron chi connectivity index (χ1n) is 7.30. The molecule has 1 heterocycles. The number of non-ortho nitro benzene ring substituents is 1. The standard InChI is InChI=1S/C15H20N2O3/c18-15-8-2-1-3-13(15)14(16-10-9-15)11-4-6-12(7-5-11)17(19)20/h4-7,13-14,16,18H,1-3,8-10H2/t13-,14+,15+/m1/s1. The van der Waals surface area contributed by atoms with E-state index in [-0.39, 0.29) is 22.6 Å². The molecular formula is C15H20N2O3. The molecule has 2 aliphatic rings. The molecule has 3 atom stereocenters. The SMILES string of the molecule is O=[N+]([O-])c1ccc([C@@H]2NCC[C@@]3(O)CCCC[C@H]23)cc1. The van der Waals surface area contributed by atoms with Crippen LogP contribution in [0.25, 0.3) is 0 Å². The second kappa shape index (κ2) is 5.14. The number of nitro groups is 1. The van der Waals surface area contributed by atoms with Crippen molar-refractivity contribution in [3.05, 3.63) is 39.9 Å². The molecule has 3 rings (SSSR count). The molecule has 108 valence electrons. The lowest BCUT2D eigenvalue weighted by molar-refractivity contribution is -0.384. The number of nitro benzene ring substituents is 1. The Morgan fingerprint density at radius 3 is 2.70 bits per heavy atom. The highest BCUT2D eigenvalue weighted by Gasteiger charge is 2.45. The van der Waals surface area contributed by atoms with Crippen LogP contribution in [0.4, 0.5) is 5.69 Å². The average molecular weight is 276 g/mol. The van der Waals surface area contributed by atoms with E-state index in [1.54, 1.807) is 12.1 Å². The molecule has 1 saturated heterocycles. The quantitative estimate of drug-likeness (QED) is 0.643. The smallest absolute Gasteiger partial charge is 0.269 e. The lowest BCUT2D eigenvalue weighted by atomic mass is 9.67. The summed E-state index contributed by atoms with van der Waals surface area (Å²) in [6.45, 7) is 0.800. The summed E-state index contributed by atoms with van der Waals surface area (Å²) in [4.78, 5) is 10.3. The van der Waals surface area contributed by atoms with Crippen LogP contribution in [0, 0.1) is 16.0 Å². The maximum atomic E-state index is 10.8. The Bertz CT molecular complexity index is 498. The third kappa shape index (κ3) is 2.31. The van der Waals surface area contributed by atoms with Gasteiger partial charge in [-0.25, -0.2) is 0 Å². The first-order valence-corrected chi connectivity index (χ1v) is 7.30. The maximum absolute atomic E-state index is 10.8. The van der Waals surface area contributed by atoms with Gasteiger partial charge in [-0.3, -0.25) is 10.1 Å². The number of rotatable bonds is 2. The maximum Gasteiger partial charge on any atom is 0.269 e. The molecule has 2 N–H and O–H groups in total. The number of nitrogens with zero attached hydrogens (tertiary/aromatic N) is 1. The molecule has 5 heteroatoms. The Kier molecular flexibility index (Phi) is 3.48. The van der Waals surface area contributed by atoms with Crippen molar-refractivity contribution >= 4 is 5.69 Å². The third-order valence-corrected chi connectivity index (χ3v) is 4.85. The molecule has 1 aromatic carbocycles. The van der Waals surface area contributed by atoms with Gasteiger partial charge in [0.25, 0.3) is 5.69 Å². The topological polar surface area (TPSA) is 75.4 Å². The Hall–Kier alpha value is -1.46. The van der Waals surface area contributed by atoms with Crippen LogP contribution in [0.2, 0.25) is 0 Å². The Labute approximate surface area is 118 Å². The lowest BCUT2D eigenvalue weighted by Crippen LogP contribution is -2.53. The van der Waals surface area contributed by atoms with Gasteiger partial charge < -0.3 is 10.4 Å². The van der Waals surface area contributed by atoms with Crippen molar-refractivity contribution in [2.45, 2.75) is 43.7 Å². The van der Waals surface area contributed by atoms with Crippen LogP contribution in [-0.4, -0.2) is 22.2 Å². The number of nitrogens with one attached hydrogen (secondary N) is 1. The normalized spacial score (nSPS) is 33.5. The third-order valence-electron chi connectivity index (χ3n) is 4.85. The van der Waals surface area contributed by atoms with Crippen molar-refractivity contribution in [2.24, 2.45) is 5.92 Å². The Morgan fingerprint density at radius 2 is 2.00 bits per heavy atom. The van der Waals surface area contributed by atoms with Crippen molar-refractivity contribution < 1.29 is 10.0 Å². The molecule has 0 spiro atoms. The van der Waals surface area contributed by atoms with Gasteiger partial charge >= 0.3 is 0 Å². The summed E-state index contributed by atoms with van der Waals surface area (Å²) in [6, 6.07) is 6.84. The molecule has 20 heavy (non-hydrogen) atoms. The zero-order valence-corrected chi connectivity index (χ0v) is 11.4. The highest BCUT2D eigenvalue weighted by atomic mass is 16.6. The van der Waals surface area contributed by atoms with Crippen molar-refractivity contribution in [3.63, 3.8) is 0 Å². The van der Waals surface area contributed by atoms with Crippen molar-refractivity contribution in [2.75, 3.05) is 6.54 Å². The number of fused-ring (bicyclic) bond motifs is 1. The van der Waals surface area contributed by atoms with Crippen LogP contribution in [-0.2, 0) is 0 Å². The minimum atomic E-state index is -0.560. The van der Waals surface area contributed by atoms with Crippen LogP contribution in [0.15, 0.2) is 24.3 Å². The van der Waals surface area contributed by atoms with E-state index < -0.39 is 5.60 Å². The van der Waals surface area contributed by atoms with Crippen LogP contribution < -0.4 is 5.32 Å². The predicted molar refractivity (Wildman–Crippen MR) is 75.4 cm³/mol. The monoisotopic (exact) mass is 276 g/mol. The molecule has 0 unspecified atom stereocenters. The predicted octanol–water partition coefficient (Wildman–Crippen LogP) is 2.55. The lowest BCUT2D eigenvalue weighted by Gasteiger charge is -2.48. The van der Waals surface area contributed by atoms with Gasteiger partial charge in [-0.15, -0.1) is 0 Å². The zero-order valence-electron chi connectivity index (χ0n) is 11.4. The average Bonchev–Trinajstić information content (AvgIpc) is 2.46. The minimum Gasteiger partial charge on any atom is -0.389 e. The number of piperidine rings is 1. The molecule has 1 saturated carbocycles. The van der Waals surface area contributed by atoms with E-state index in [4.69, 9.17) is 0 Å². The minimum absolute atomic E-state index is 0.106. The van der Waals surface area contributed by atoms with E-state index in [0.29, 0.717) is 0 Å².